The molecule has 0 spiro atoms. The van der Waals surface area contributed by atoms with E-state index in [1.54, 1.807) is 0 Å². The van der Waals surface area contributed by atoms with Crippen molar-refractivity contribution in [3.05, 3.63) is 0 Å². The van der Waals surface area contributed by atoms with Gasteiger partial charge in [0.05, 0.1) is 6.73 Å². The first-order valence-corrected chi connectivity index (χ1v) is 2.83. The van der Waals surface area contributed by atoms with E-state index in [-0.39, 0.29) is 7.12 Å². The Kier molecular flexibility index (Phi) is 2.33. The highest BCUT2D eigenvalue weighted by Crippen LogP contribution is 1.89. The third-order valence-corrected chi connectivity index (χ3v) is 1.05. The molecule has 0 aliphatic carbocycles. The summed E-state index contributed by atoms with van der Waals surface area (Å²) in [6, 6.07) is 0. The van der Waals surface area contributed by atoms with Crippen molar-refractivity contribution < 1.29 is 9.31 Å². The number of rotatable bonds is 0. The summed E-state index contributed by atoms with van der Waals surface area (Å²) in [5.74, 6) is 0. The van der Waals surface area contributed by atoms with Crippen LogP contribution in [0.15, 0.2) is 0 Å². The fourth-order valence-electron chi connectivity index (χ4n) is 0.594. The smallest absolute Gasteiger partial charge is 0.410 e. The molecule has 4 heteroatoms. The molecule has 1 N–H and O–H groups in total. The molecule has 0 unspecified atom stereocenters. The molecule has 0 radical (unpaired) electrons. The SMILES string of the molecule is CB1OCCNCO1. The fourth-order valence-corrected chi connectivity index (χ4v) is 0.594. The summed E-state index contributed by atoms with van der Waals surface area (Å²) in [6.07, 6.45) is 0. The predicted molar refractivity (Wildman–Crippen MR) is 31.5 cm³/mol. The third-order valence-electron chi connectivity index (χ3n) is 1.05. The van der Waals surface area contributed by atoms with Gasteiger partial charge in [-0.15, -0.1) is 0 Å². The van der Waals surface area contributed by atoms with E-state index >= 15 is 0 Å². The molecule has 1 fully saturated rings. The Balaban J connectivity index is 2.17. The summed E-state index contributed by atoms with van der Waals surface area (Å²) >= 11 is 0. The minimum atomic E-state index is -0.0370. The average molecular weight is 115 g/mol. The Bertz CT molecular complexity index is 63.1. The van der Waals surface area contributed by atoms with Gasteiger partial charge in [-0.2, -0.15) is 0 Å². The zero-order chi connectivity index (χ0) is 5.82. The molecule has 1 heterocycles. The van der Waals surface area contributed by atoms with Gasteiger partial charge in [0.1, 0.15) is 0 Å². The molecule has 0 atom stereocenters. The Hall–Kier alpha value is -0.0551. The summed E-state index contributed by atoms with van der Waals surface area (Å²) < 4.78 is 10.2. The van der Waals surface area contributed by atoms with Crippen LogP contribution in [-0.2, 0) is 9.31 Å². The molecule has 0 bridgehead atoms. The summed E-state index contributed by atoms with van der Waals surface area (Å²) in [4.78, 5) is 0. The molecule has 1 rings (SSSR count). The van der Waals surface area contributed by atoms with Crippen LogP contribution >= 0.6 is 0 Å². The maximum atomic E-state index is 5.12. The number of nitrogens with one attached hydrogen (secondary N) is 1. The van der Waals surface area contributed by atoms with Crippen molar-refractivity contribution in [3.8, 4) is 0 Å². The van der Waals surface area contributed by atoms with Gasteiger partial charge in [-0.25, -0.2) is 0 Å². The van der Waals surface area contributed by atoms with Crippen LogP contribution in [-0.4, -0.2) is 27.0 Å². The molecule has 8 heavy (non-hydrogen) atoms. The Morgan fingerprint density at radius 3 is 3.25 bits per heavy atom. The first-order valence-electron chi connectivity index (χ1n) is 2.83. The van der Waals surface area contributed by atoms with Crippen molar-refractivity contribution in [1.82, 2.24) is 5.32 Å². The maximum Gasteiger partial charge on any atom is 0.454 e. The molecule has 0 amide bonds. The van der Waals surface area contributed by atoms with Crippen molar-refractivity contribution in [2.75, 3.05) is 19.9 Å². The number of hydrogen-bond acceptors (Lipinski definition) is 3. The first kappa shape index (κ1) is 6.07. The van der Waals surface area contributed by atoms with E-state index in [1.807, 2.05) is 6.82 Å². The lowest BCUT2D eigenvalue weighted by Crippen LogP contribution is -2.19. The van der Waals surface area contributed by atoms with Gasteiger partial charge in [-0.1, -0.05) is 0 Å². The summed E-state index contributed by atoms with van der Waals surface area (Å²) in [7, 11) is -0.0370. The molecule has 1 saturated heterocycles. The summed E-state index contributed by atoms with van der Waals surface area (Å²) in [6.45, 7) is 4.15. The van der Waals surface area contributed by atoms with E-state index < -0.39 is 0 Å². The standard InChI is InChI=1S/C4H10BNO2/c1-5-7-3-2-6-4-8-5/h6H,2-4H2,1H3. The van der Waals surface area contributed by atoms with Crippen molar-refractivity contribution in [2.45, 2.75) is 6.82 Å². The average Bonchev–Trinajstić information content (AvgIpc) is 1.94. The van der Waals surface area contributed by atoms with Gasteiger partial charge in [0.15, 0.2) is 0 Å². The highest BCUT2D eigenvalue weighted by Gasteiger charge is 2.11. The monoisotopic (exact) mass is 115 g/mol. The molecule has 1 aliphatic rings. The lowest BCUT2D eigenvalue weighted by atomic mass is 9.96. The van der Waals surface area contributed by atoms with Crippen molar-refractivity contribution in [3.63, 3.8) is 0 Å². The van der Waals surface area contributed by atoms with Crippen LogP contribution in [0.5, 0.6) is 0 Å². The minimum Gasteiger partial charge on any atom is -0.410 e. The van der Waals surface area contributed by atoms with Crippen molar-refractivity contribution in [1.29, 1.82) is 0 Å². The Labute approximate surface area is 49.5 Å². The molecule has 0 aromatic heterocycles. The third kappa shape index (κ3) is 1.82. The van der Waals surface area contributed by atoms with Gasteiger partial charge >= 0.3 is 7.12 Å². The Morgan fingerprint density at radius 2 is 2.38 bits per heavy atom. The summed E-state index contributed by atoms with van der Waals surface area (Å²) in [5.41, 5.74) is 0. The molecule has 1 aliphatic heterocycles. The van der Waals surface area contributed by atoms with Gasteiger partial charge in [-0.05, 0) is 6.82 Å². The second-order valence-electron chi connectivity index (χ2n) is 1.75. The van der Waals surface area contributed by atoms with Crippen LogP contribution in [0.4, 0.5) is 0 Å². The van der Waals surface area contributed by atoms with E-state index in [4.69, 9.17) is 9.31 Å². The minimum absolute atomic E-state index is 0.0370. The topological polar surface area (TPSA) is 30.5 Å². The highest BCUT2D eigenvalue weighted by molar-refractivity contribution is 6.42. The van der Waals surface area contributed by atoms with Crippen LogP contribution in [0.3, 0.4) is 0 Å². The van der Waals surface area contributed by atoms with Gasteiger partial charge < -0.3 is 9.31 Å². The zero-order valence-electron chi connectivity index (χ0n) is 5.02. The second-order valence-corrected chi connectivity index (χ2v) is 1.75. The lowest BCUT2D eigenvalue weighted by molar-refractivity contribution is 0.238. The van der Waals surface area contributed by atoms with Crippen molar-refractivity contribution >= 4 is 7.12 Å². The van der Waals surface area contributed by atoms with E-state index in [9.17, 15) is 0 Å². The van der Waals surface area contributed by atoms with Crippen LogP contribution in [0.1, 0.15) is 0 Å². The first-order chi connectivity index (χ1) is 3.89. The van der Waals surface area contributed by atoms with E-state index in [1.165, 1.54) is 0 Å². The predicted octanol–water partition coefficient (Wildman–Crippen LogP) is -0.302. The van der Waals surface area contributed by atoms with E-state index in [0.29, 0.717) is 6.73 Å². The van der Waals surface area contributed by atoms with Crippen LogP contribution in [0.25, 0.3) is 0 Å². The van der Waals surface area contributed by atoms with Gasteiger partial charge in [-0.3, -0.25) is 5.32 Å². The lowest BCUT2D eigenvalue weighted by Gasteiger charge is -2.01. The largest absolute Gasteiger partial charge is 0.454 e. The van der Waals surface area contributed by atoms with Gasteiger partial charge in [0, 0.05) is 13.2 Å². The normalized spacial score (nSPS) is 22.9. The number of hydrogen-bond donors (Lipinski definition) is 1. The van der Waals surface area contributed by atoms with Crippen LogP contribution in [0, 0.1) is 0 Å². The van der Waals surface area contributed by atoms with Crippen molar-refractivity contribution in [2.24, 2.45) is 0 Å². The molecular weight excluding hydrogens is 105 g/mol. The highest BCUT2D eigenvalue weighted by atomic mass is 16.6. The van der Waals surface area contributed by atoms with Gasteiger partial charge in [0.2, 0.25) is 0 Å². The van der Waals surface area contributed by atoms with Crippen LogP contribution in [0.2, 0.25) is 6.82 Å². The fraction of sp³-hybridized carbons (Fsp3) is 1.00. The molecule has 0 aromatic rings. The molecule has 3 nitrogen and oxygen atoms in total. The van der Waals surface area contributed by atoms with E-state index in [0.717, 1.165) is 13.2 Å². The maximum absolute atomic E-state index is 5.12. The molecule has 46 valence electrons. The quantitative estimate of drug-likeness (QED) is 0.439. The molecular formula is C4H10BNO2. The Morgan fingerprint density at radius 1 is 1.50 bits per heavy atom. The second kappa shape index (κ2) is 3.07. The van der Waals surface area contributed by atoms with E-state index in [2.05, 4.69) is 5.32 Å². The molecule has 0 saturated carbocycles. The van der Waals surface area contributed by atoms with Crippen LogP contribution < -0.4 is 5.32 Å². The van der Waals surface area contributed by atoms with Gasteiger partial charge in [0.25, 0.3) is 0 Å². The molecule has 0 aromatic carbocycles. The summed E-state index contributed by atoms with van der Waals surface area (Å²) in [5, 5.41) is 3.03. The zero-order valence-corrected chi connectivity index (χ0v) is 5.02.